The van der Waals surface area contributed by atoms with Gasteiger partial charge < -0.3 is 19.7 Å². The molecule has 0 spiro atoms. The minimum atomic E-state index is -0.664. The van der Waals surface area contributed by atoms with Crippen LogP contribution in [0, 0.1) is 18.4 Å². The summed E-state index contributed by atoms with van der Waals surface area (Å²) in [5, 5.41) is 3.22. The Morgan fingerprint density at radius 1 is 0.951 bits per heavy atom. The number of carbonyl (C=O) groups is 5. The molecule has 12 nitrogen and oxygen atoms in total. The van der Waals surface area contributed by atoms with Crippen molar-refractivity contribution < 1.29 is 24.0 Å². The van der Waals surface area contributed by atoms with Gasteiger partial charge in [0.2, 0.25) is 17.7 Å². The Morgan fingerprint density at radius 3 is 2.48 bits per heavy atom. The zero-order chi connectivity index (χ0) is 42.6. The van der Waals surface area contributed by atoms with Gasteiger partial charge in [-0.3, -0.25) is 34.2 Å². The molecule has 1 aromatic heterocycles. The van der Waals surface area contributed by atoms with Crippen LogP contribution in [0.3, 0.4) is 0 Å². The number of aryl methyl sites for hydroxylation is 1. The quantitative estimate of drug-likeness (QED) is 0.0977. The lowest BCUT2D eigenvalue weighted by Crippen LogP contribution is -2.54. The molecule has 1 atom stereocenters. The minimum absolute atomic E-state index is 0.0469. The number of hydrogen-bond acceptors (Lipinski definition) is 7. The predicted molar refractivity (Wildman–Crippen MR) is 233 cm³/mol. The lowest BCUT2D eigenvalue weighted by atomic mass is 9.70. The van der Waals surface area contributed by atoms with Gasteiger partial charge in [0.25, 0.3) is 5.91 Å². The highest BCUT2D eigenvalue weighted by Gasteiger charge is 2.42. The maximum atomic E-state index is 14.1. The van der Waals surface area contributed by atoms with Gasteiger partial charge in [0, 0.05) is 116 Å². The number of hydrogen-bond donors (Lipinski definition) is 2. The monoisotopic (exact) mass is 817 g/mol. The number of piperidine rings is 2. The maximum Gasteiger partial charge on any atom is 0.255 e. The van der Waals surface area contributed by atoms with Crippen LogP contribution in [0.25, 0.3) is 15.7 Å². The normalized spacial score (nSPS) is 20.2. The van der Waals surface area contributed by atoms with Gasteiger partial charge in [0.15, 0.2) is 11.5 Å². The third kappa shape index (κ3) is 7.17. The van der Waals surface area contributed by atoms with Gasteiger partial charge in [-0.05, 0) is 79.1 Å². The van der Waals surface area contributed by atoms with Crippen molar-refractivity contribution in [1.29, 1.82) is 0 Å². The highest BCUT2D eigenvalue weighted by molar-refractivity contribution is 6.20. The number of unbranched alkanes of at least 4 members (excludes halogenated alkanes) is 1. The van der Waals surface area contributed by atoms with Crippen LogP contribution in [0.4, 0.5) is 11.4 Å². The number of aromatic amines is 1. The third-order valence-corrected chi connectivity index (χ3v) is 13.8. The molecule has 4 aliphatic heterocycles. The Bertz CT molecular complexity index is 2610. The number of H-pyrrole nitrogens is 1. The lowest BCUT2D eigenvalue weighted by Gasteiger charge is -2.44. The Morgan fingerprint density at radius 2 is 1.74 bits per heavy atom. The van der Waals surface area contributed by atoms with E-state index in [-0.39, 0.29) is 36.5 Å². The first kappa shape index (κ1) is 40.2. The number of carbonyl (C=O) groups excluding carboxylic acids is 5. The van der Waals surface area contributed by atoms with E-state index in [0.717, 1.165) is 103 Å². The van der Waals surface area contributed by atoms with Crippen LogP contribution in [0.1, 0.15) is 120 Å². The van der Waals surface area contributed by atoms with E-state index in [1.54, 1.807) is 18.2 Å². The average Bonchev–Trinajstić information content (AvgIpc) is 3.83. The van der Waals surface area contributed by atoms with E-state index < -0.39 is 17.4 Å². The second-order valence-corrected chi connectivity index (χ2v) is 17.6. The summed E-state index contributed by atoms with van der Waals surface area (Å²) in [6, 6.07) is 15.2. The summed E-state index contributed by atoms with van der Waals surface area (Å²) >= 11 is 0. The van der Waals surface area contributed by atoms with E-state index in [9.17, 15) is 24.0 Å². The van der Waals surface area contributed by atoms with Gasteiger partial charge in [-0.25, -0.2) is 4.85 Å². The highest BCUT2D eigenvalue weighted by atomic mass is 16.2. The SMILES string of the molecule is [C-]#[N+]c1ccc2c3c([nH]c2c1)C(C)(C)c1cc(N2CCC(N4CCN(C(=O)CCCC#Cc5cccc6c5CN(C5CCC(=O)NC5=O)C6=O)CC4)CC2)c(CC)cc1C3=O. The molecule has 1 unspecified atom stereocenters. The molecular weight excluding hydrogens is 767 g/mol. The van der Waals surface area contributed by atoms with E-state index in [4.69, 9.17) is 6.57 Å². The topological polar surface area (TPSA) is 130 Å². The van der Waals surface area contributed by atoms with Gasteiger partial charge in [0.1, 0.15) is 6.04 Å². The molecule has 1 aliphatic carbocycles. The van der Waals surface area contributed by atoms with E-state index >= 15 is 0 Å². The number of piperazine rings is 1. The molecule has 2 N–H and O–H groups in total. The molecule has 3 saturated heterocycles. The number of anilines is 1. The number of nitrogens with zero attached hydrogens (tertiary/aromatic N) is 5. The number of imide groups is 1. The first-order valence-electron chi connectivity index (χ1n) is 21.7. The summed E-state index contributed by atoms with van der Waals surface area (Å²) in [4.78, 5) is 80.3. The van der Waals surface area contributed by atoms with Crippen molar-refractivity contribution in [2.45, 2.75) is 96.2 Å². The third-order valence-electron chi connectivity index (χ3n) is 13.8. The van der Waals surface area contributed by atoms with Crippen molar-refractivity contribution >= 4 is 51.7 Å². The van der Waals surface area contributed by atoms with Crippen LogP contribution in [0.2, 0.25) is 0 Å². The van der Waals surface area contributed by atoms with Crippen molar-refractivity contribution in [2.75, 3.05) is 44.2 Å². The van der Waals surface area contributed by atoms with Crippen LogP contribution < -0.4 is 10.2 Å². The van der Waals surface area contributed by atoms with Crippen LogP contribution in [-0.2, 0) is 32.8 Å². The van der Waals surface area contributed by atoms with E-state index in [2.05, 4.69) is 69.7 Å². The second-order valence-electron chi connectivity index (χ2n) is 17.6. The molecule has 5 heterocycles. The van der Waals surface area contributed by atoms with Gasteiger partial charge in [0.05, 0.1) is 12.1 Å². The number of benzene rings is 3. The fourth-order valence-electron chi connectivity index (χ4n) is 10.3. The molecule has 5 aliphatic rings. The number of rotatable bonds is 7. The van der Waals surface area contributed by atoms with Crippen molar-refractivity contribution in [1.82, 2.24) is 25.0 Å². The van der Waals surface area contributed by atoms with Crippen molar-refractivity contribution in [3.05, 3.63) is 105 Å². The molecule has 0 radical (unpaired) electrons. The Labute approximate surface area is 356 Å². The van der Waals surface area contributed by atoms with Crippen LogP contribution in [0.15, 0.2) is 48.5 Å². The smallest absolute Gasteiger partial charge is 0.255 e. The highest BCUT2D eigenvalue weighted by Crippen LogP contribution is 2.46. The van der Waals surface area contributed by atoms with Gasteiger partial charge in [-0.2, -0.15) is 0 Å². The number of ketones is 1. The van der Waals surface area contributed by atoms with Gasteiger partial charge in [-0.1, -0.05) is 50.8 Å². The molecule has 4 aromatic rings. The molecule has 3 fully saturated rings. The molecule has 312 valence electrons. The largest absolute Gasteiger partial charge is 0.371 e. The Kier molecular flexibility index (Phi) is 10.5. The van der Waals surface area contributed by atoms with E-state index in [1.807, 2.05) is 23.1 Å². The van der Waals surface area contributed by atoms with Crippen LogP contribution in [-0.4, -0.2) is 100 Å². The Balaban J connectivity index is 0.766. The average molecular weight is 818 g/mol. The number of aromatic nitrogens is 1. The number of fused-ring (bicyclic) bond motifs is 5. The summed E-state index contributed by atoms with van der Waals surface area (Å²) in [6.07, 6.45) is 5.10. The number of nitrogens with one attached hydrogen (secondary N) is 2. The fourth-order valence-corrected chi connectivity index (χ4v) is 10.3. The summed E-state index contributed by atoms with van der Waals surface area (Å²) in [6.45, 7) is 19.3. The molecule has 0 bridgehead atoms. The second kappa shape index (κ2) is 16.0. The van der Waals surface area contributed by atoms with E-state index in [1.165, 1.54) is 16.2 Å². The molecule has 4 amide bonds. The molecule has 3 aromatic carbocycles. The Hall–Kier alpha value is -6.24. The summed E-state index contributed by atoms with van der Waals surface area (Å²) in [7, 11) is 0. The summed E-state index contributed by atoms with van der Waals surface area (Å²) in [5.74, 6) is 5.67. The molecular formula is C49H51N7O5. The molecule has 9 rings (SSSR count). The fraction of sp³-hybridized carbons (Fsp3) is 0.429. The van der Waals surface area contributed by atoms with Crippen molar-refractivity contribution in [2.24, 2.45) is 0 Å². The molecule has 0 saturated carbocycles. The van der Waals surface area contributed by atoms with Crippen molar-refractivity contribution in [3.8, 4) is 11.8 Å². The first-order chi connectivity index (χ1) is 29.5. The van der Waals surface area contributed by atoms with Crippen LogP contribution >= 0.6 is 0 Å². The van der Waals surface area contributed by atoms with Gasteiger partial charge >= 0.3 is 0 Å². The van der Waals surface area contributed by atoms with Crippen LogP contribution in [0.5, 0.6) is 0 Å². The molecule has 12 heteroatoms. The lowest BCUT2D eigenvalue weighted by molar-refractivity contribution is -0.137. The van der Waals surface area contributed by atoms with Gasteiger partial charge in [-0.15, -0.1) is 0 Å². The van der Waals surface area contributed by atoms with Crippen molar-refractivity contribution in [3.63, 3.8) is 0 Å². The molecule has 61 heavy (non-hydrogen) atoms. The summed E-state index contributed by atoms with van der Waals surface area (Å²) in [5.41, 5.74) is 8.93. The zero-order valence-electron chi connectivity index (χ0n) is 35.2. The minimum Gasteiger partial charge on any atom is -0.371 e. The zero-order valence-corrected chi connectivity index (χ0v) is 35.2. The standard InChI is InChI=1S/C49H51N7O5/c1-5-30-26-36-38(49(2,3)46-44(45(36)59)35-15-14-32(50-4)27-39(35)51-46)28-41(30)54-20-18-33(19-21-54)53-22-24-55(25-23-53)43(58)13-8-6-7-10-31-11-9-12-34-37(31)29-56(48(34)61)40-16-17-42(57)52-47(40)60/h9,11-12,14-15,26-28,33,40,51H,5-6,8,13,16-25,29H2,1-3H3,(H,52,57,60). The number of amides is 4. The summed E-state index contributed by atoms with van der Waals surface area (Å²) < 4.78 is 0. The first-order valence-corrected chi connectivity index (χ1v) is 21.7. The van der Waals surface area contributed by atoms with E-state index in [0.29, 0.717) is 43.0 Å². The maximum absolute atomic E-state index is 14.1. The predicted octanol–water partition coefficient (Wildman–Crippen LogP) is 6.25.